The van der Waals surface area contributed by atoms with E-state index in [2.05, 4.69) is 21.0 Å². The Kier molecular flexibility index (Phi) is 7.13. The molecule has 0 spiro atoms. The number of ether oxygens (including phenoxy) is 1. The number of rotatable bonds is 7. The summed E-state index contributed by atoms with van der Waals surface area (Å²) in [7, 11) is 0. The summed E-state index contributed by atoms with van der Waals surface area (Å²) in [6.45, 7) is 2.10. The third kappa shape index (κ3) is 4.76. The fraction of sp³-hybridized carbons (Fsp3) is 0.429. The Bertz CT molecular complexity index is 1230. The molecule has 0 fully saturated rings. The number of halogens is 2. The SMILES string of the molecule is [2H]N(C(=O)C(C)C)[C@H]1[C@H]([C@H](O)[C@H](O)CO)OC(C(=O)O)=C[C@@H]1n1nc2cc(F)c(Br)cc2c1C#N. The van der Waals surface area contributed by atoms with Crippen LogP contribution in [0, 0.1) is 23.1 Å². The van der Waals surface area contributed by atoms with Crippen molar-refractivity contribution in [1.29, 1.82) is 5.26 Å². The number of aromatic nitrogens is 2. The van der Waals surface area contributed by atoms with Crippen LogP contribution in [0.25, 0.3) is 10.9 Å². The Hall–Kier alpha value is -3.05. The van der Waals surface area contributed by atoms with Gasteiger partial charge in [-0.3, -0.25) is 4.79 Å². The quantitative estimate of drug-likeness (QED) is 0.335. The van der Waals surface area contributed by atoms with Crippen LogP contribution in [-0.4, -0.2) is 73.0 Å². The number of benzene rings is 1. The maximum Gasteiger partial charge on any atom is 0.370 e. The molecule has 1 amide bonds. The van der Waals surface area contributed by atoms with Gasteiger partial charge in [-0.15, -0.1) is 0 Å². The lowest BCUT2D eigenvalue weighted by atomic mass is 9.91. The van der Waals surface area contributed by atoms with Gasteiger partial charge in [-0.1, -0.05) is 13.8 Å². The number of aliphatic carboxylic acids is 1. The summed E-state index contributed by atoms with van der Waals surface area (Å²) < 4.78 is 29.1. The second kappa shape index (κ2) is 10.1. The van der Waals surface area contributed by atoms with Crippen LogP contribution in [0.15, 0.2) is 28.4 Å². The summed E-state index contributed by atoms with van der Waals surface area (Å²) in [5.41, 5.74) is -0.100. The minimum atomic E-state index is -1.94. The van der Waals surface area contributed by atoms with Crippen molar-refractivity contribution < 1.29 is 40.6 Å². The molecule has 0 unspecified atom stereocenters. The van der Waals surface area contributed by atoms with Crippen molar-refractivity contribution in [2.24, 2.45) is 5.92 Å². The van der Waals surface area contributed by atoms with Crippen molar-refractivity contribution in [3.63, 3.8) is 0 Å². The van der Waals surface area contributed by atoms with Gasteiger partial charge in [-0.25, -0.2) is 13.9 Å². The summed E-state index contributed by atoms with van der Waals surface area (Å²) >= 11 is 3.04. The number of aliphatic hydroxyl groups is 3. The zero-order valence-corrected chi connectivity index (χ0v) is 19.5. The highest BCUT2D eigenvalue weighted by molar-refractivity contribution is 9.10. The number of hydrogen-bond acceptors (Lipinski definition) is 8. The molecule has 0 saturated heterocycles. The van der Waals surface area contributed by atoms with Crippen LogP contribution < -0.4 is 5.31 Å². The van der Waals surface area contributed by atoms with Gasteiger partial charge in [0.05, 0.1) is 28.7 Å². The molecule has 2 heterocycles. The van der Waals surface area contributed by atoms with E-state index in [0.717, 1.165) is 16.8 Å². The Morgan fingerprint density at radius 3 is 2.68 bits per heavy atom. The van der Waals surface area contributed by atoms with Crippen molar-refractivity contribution in [3.05, 3.63) is 40.0 Å². The normalized spacial score (nSPS) is 22.4. The summed E-state index contributed by atoms with van der Waals surface area (Å²) in [5, 5.41) is 54.4. The number of hydrogen-bond donors (Lipinski definition) is 5. The van der Waals surface area contributed by atoms with Gasteiger partial charge in [0.15, 0.2) is 1.41 Å². The smallest absolute Gasteiger partial charge is 0.370 e. The molecule has 0 aliphatic carbocycles. The van der Waals surface area contributed by atoms with Crippen LogP contribution in [0.3, 0.4) is 0 Å². The maximum atomic E-state index is 14.1. The molecule has 11 nitrogen and oxygen atoms in total. The summed E-state index contributed by atoms with van der Waals surface area (Å²) in [4.78, 5) is 24.6. The number of nitrogens with zero attached hydrogens (tertiary/aromatic N) is 3. The van der Waals surface area contributed by atoms with Crippen LogP contribution >= 0.6 is 15.9 Å². The first-order chi connectivity index (χ1) is 16.4. The average molecular weight is 542 g/mol. The predicted octanol–water partition coefficient (Wildman–Crippen LogP) is 0.573. The van der Waals surface area contributed by atoms with Crippen LogP contribution in [0.4, 0.5) is 4.39 Å². The number of amides is 1. The molecule has 0 bridgehead atoms. The predicted molar refractivity (Wildman–Crippen MR) is 118 cm³/mol. The Morgan fingerprint density at radius 1 is 1.44 bits per heavy atom. The highest BCUT2D eigenvalue weighted by Gasteiger charge is 2.45. The fourth-order valence-electron chi connectivity index (χ4n) is 3.51. The molecule has 182 valence electrons. The minimum absolute atomic E-state index is 0.0389. The molecular formula is C21H22BrFN4O7. The van der Waals surface area contributed by atoms with Crippen LogP contribution in [0.2, 0.25) is 1.41 Å². The first-order valence-electron chi connectivity index (χ1n) is 10.6. The second-order valence-corrected chi connectivity index (χ2v) is 8.81. The lowest BCUT2D eigenvalue weighted by Gasteiger charge is -2.40. The monoisotopic (exact) mass is 541 g/mol. The molecule has 1 aliphatic heterocycles. The van der Waals surface area contributed by atoms with Crippen molar-refractivity contribution in [3.8, 4) is 6.07 Å². The van der Waals surface area contributed by atoms with E-state index in [1.807, 2.05) is 6.07 Å². The van der Waals surface area contributed by atoms with E-state index in [1.165, 1.54) is 19.9 Å². The van der Waals surface area contributed by atoms with Crippen LogP contribution in [0.5, 0.6) is 0 Å². The van der Waals surface area contributed by atoms with Gasteiger partial charge >= 0.3 is 5.97 Å². The summed E-state index contributed by atoms with van der Waals surface area (Å²) in [5.74, 6) is -4.39. The Labute approximate surface area is 202 Å². The zero-order chi connectivity index (χ0) is 26.2. The molecule has 1 aromatic carbocycles. The van der Waals surface area contributed by atoms with Gasteiger partial charge in [0.2, 0.25) is 11.7 Å². The van der Waals surface area contributed by atoms with E-state index < -0.39 is 66.4 Å². The first kappa shape index (κ1) is 24.1. The van der Waals surface area contributed by atoms with E-state index in [-0.39, 0.29) is 21.1 Å². The van der Waals surface area contributed by atoms with Crippen molar-refractivity contribution >= 4 is 38.7 Å². The number of carbonyl (C=O) groups excluding carboxylic acids is 1. The molecule has 0 saturated carbocycles. The summed E-state index contributed by atoms with van der Waals surface area (Å²) in [6.07, 6.45) is -4.46. The average Bonchev–Trinajstić information content (AvgIpc) is 3.18. The number of fused-ring (bicyclic) bond motifs is 1. The van der Waals surface area contributed by atoms with Crippen LogP contribution in [0.1, 0.15) is 25.6 Å². The fourth-order valence-corrected chi connectivity index (χ4v) is 3.85. The first-order valence-corrected chi connectivity index (χ1v) is 10.9. The Balaban J connectivity index is 2.31. The van der Waals surface area contributed by atoms with Gasteiger partial charge < -0.3 is 30.5 Å². The largest absolute Gasteiger partial charge is 0.478 e. The van der Waals surface area contributed by atoms with E-state index >= 15 is 0 Å². The lowest BCUT2D eigenvalue weighted by molar-refractivity contribution is -0.147. The number of nitrogens with one attached hydrogen (secondary N) is 1. The van der Waals surface area contributed by atoms with Gasteiger partial charge in [-0.2, -0.15) is 10.4 Å². The second-order valence-electron chi connectivity index (χ2n) is 7.95. The van der Waals surface area contributed by atoms with E-state index in [0.29, 0.717) is 5.31 Å². The topological polar surface area (TPSA) is 178 Å². The third-order valence-corrected chi connectivity index (χ3v) is 5.90. The van der Waals surface area contributed by atoms with Crippen molar-refractivity contribution in [1.82, 2.24) is 15.1 Å². The number of carboxylic acid groups (broad SMARTS) is 1. The zero-order valence-electron chi connectivity index (χ0n) is 19.0. The molecule has 3 rings (SSSR count). The van der Waals surface area contributed by atoms with E-state index in [4.69, 9.17) is 6.15 Å². The molecule has 5 atom stereocenters. The van der Waals surface area contributed by atoms with Crippen molar-refractivity contribution in [2.45, 2.75) is 44.2 Å². The Morgan fingerprint density at radius 2 is 2.12 bits per heavy atom. The molecule has 34 heavy (non-hydrogen) atoms. The molecular weight excluding hydrogens is 519 g/mol. The van der Waals surface area contributed by atoms with Crippen molar-refractivity contribution in [2.75, 3.05) is 6.61 Å². The molecule has 2 aromatic rings. The lowest BCUT2D eigenvalue weighted by Crippen LogP contribution is -2.59. The number of carboxylic acids is 1. The molecule has 5 N–H and O–H groups in total. The standard InChI is InChI=1S/C21H22BrFN4O7/c1-8(2)20(31)25-17-13(5-16(21(32)33)34-19(17)18(30)15(29)7-28)27-14(6-24)9-3-10(22)11(23)4-12(9)26-27/h3-5,8,13,15,17-19,28-30H,7H2,1-2H3,(H,25,31)(H,32,33)/t13-,15+,17+,18+,19+/m0/s1/i/hD. The summed E-state index contributed by atoms with van der Waals surface area (Å²) in [6, 6.07) is 1.39. The number of aliphatic hydroxyl groups excluding tert-OH is 3. The minimum Gasteiger partial charge on any atom is -0.478 e. The van der Waals surface area contributed by atoms with Gasteiger partial charge in [-0.05, 0) is 28.1 Å². The molecule has 0 radical (unpaired) electrons. The highest BCUT2D eigenvalue weighted by Crippen LogP contribution is 2.34. The highest BCUT2D eigenvalue weighted by atomic mass is 79.9. The van der Waals surface area contributed by atoms with E-state index in [1.54, 1.807) is 0 Å². The van der Waals surface area contributed by atoms with Gasteiger partial charge in [0, 0.05) is 17.4 Å². The molecule has 1 aliphatic rings. The van der Waals surface area contributed by atoms with Crippen LogP contribution in [-0.2, 0) is 14.3 Å². The van der Waals surface area contributed by atoms with Gasteiger partial charge in [0.25, 0.3) is 0 Å². The molecule has 1 aromatic heterocycles. The van der Waals surface area contributed by atoms with E-state index in [9.17, 15) is 39.7 Å². The van der Waals surface area contributed by atoms with Gasteiger partial charge in [0.1, 0.15) is 35.9 Å². The maximum absolute atomic E-state index is 14.1. The number of nitriles is 1. The third-order valence-electron chi connectivity index (χ3n) is 5.30. The molecule has 13 heteroatoms. The number of carbonyl (C=O) groups is 2.